The Morgan fingerprint density at radius 1 is 1.06 bits per heavy atom. The fraction of sp³-hybridized carbons (Fsp3) is 0.133. The number of aryl methyl sites for hydroxylation is 2. The first-order chi connectivity index (χ1) is 8.60. The van der Waals surface area contributed by atoms with E-state index < -0.39 is 5.82 Å². The third kappa shape index (κ3) is 2.56. The van der Waals surface area contributed by atoms with Crippen LogP contribution in [0.3, 0.4) is 0 Å². The van der Waals surface area contributed by atoms with Crippen LogP contribution < -0.4 is 4.74 Å². The summed E-state index contributed by atoms with van der Waals surface area (Å²) in [7, 11) is 0. The lowest BCUT2D eigenvalue weighted by Crippen LogP contribution is -1.92. The summed E-state index contributed by atoms with van der Waals surface area (Å²) in [6.07, 6.45) is 0.768. The maximum Gasteiger partial charge on any atom is 0.165 e. The highest BCUT2D eigenvalue weighted by molar-refractivity contribution is 5.75. The fourth-order valence-electron chi connectivity index (χ4n) is 1.67. The number of ether oxygens (including phenoxy) is 1. The van der Waals surface area contributed by atoms with Crippen LogP contribution in [0.2, 0.25) is 0 Å². The summed E-state index contributed by atoms with van der Waals surface area (Å²) in [5, 5.41) is 0. The zero-order chi connectivity index (χ0) is 13.1. The van der Waals surface area contributed by atoms with Crippen LogP contribution in [0.15, 0.2) is 36.4 Å². The van der Waals surface area contributed by atoms with Crippen LogP contribution in [0.25, 0.3) is 0 Å². The summed E-state index contributed by atoms with van der Waals surface area (Å²) in [4.78, 5) is 10.6. The Morgan fingerprint density at radius 2 is 1.83 bits per heavy atom. The molecule has 0 spiro atoms. The average molecular weight is 244 g/mol. The maximum atomic E-state index is 13.6. The highest BCUT2D eigenvalue weighted by atomic mass is 19.1. The normalized spacial score (nSPS) is 10.2. The second-order valence-electron chi connectivity index (χ2n) is 4.18. The molecule has 2 nitrogen and oxygen atoms in total. The van der Waals surface area contributed by atoms with Crippen molar-refractivity contribution in [2.75, 3.05) is 0 Å². The van der Waals surface area contributed by atoms with Crippen molar-refractivity contribution in [2.45, 2.75) is 13.8 Å². The molecule has 0 atom stereocenters. The molecule has 2 aromatic carbocycles. The van der Waals surface area contributed by atoms with E-state index in [-0.39, 0.29) is 5.75 Å². The van der Waals surface area contributed by atoms with E-state index in [1.54, 1.807) is 30.3 Å². The van der Waals surface area contributed by atoms with E-state index >= 15 is 0 Å². The molecule has 3 heteroatoms. The Kier molecular flexibility index (Phi) is 3.42. The number of rotatable bonds is 3. The molecular weight excluding hydrogens is 231 g/mol. The number of carbonyl (C=O) groups excluding carboxylic acids is 1. The minimum Gasteiger partial charge on any atom is -0.454 e. The Bertz CT molecular complexity index is 591. The van der Waals surface area contributed by atoms with Crippen molar-refractivity contribution < 1.29 is 13.9 Å². The molecule has 0 saturated heterocycles. The molecule has 0 N–H and O–H groups in total. The lowest BCUT2D eigenvalue weighted by atomic mass is 10.1. The van der Waals surface area contributed by atoms with E-state index in [0.29, 0.717) is 11.3 Å². The van der Waals surface area contributed by atoms with Crippen LogP contribution in [-0.4, -0.2) is 6.29 Å². The van der Waals surface area contributed by atoms with E-state index in [1.807, 2.05) is 13.8 Å². The number of carbonyl (C=O) groups is 1. The number of hydrogen-bond acceptors (Lipinski definition) is 2. The molecule has 2 rings (SSSR count). The van der Waals surface area contributed by atoms with Gasteiger partial charge in [0.05, 0.1) is 0 Å². The highest BCUT2D eigenvalue weighted by Crippen LogP contribution is 2.28. The van der Waals surface area contributed by atoms with Crippen LogP contribution in [0.4, 0.5) is 4.39 Å². The van der Waals surface area contributed by atoms with Crippen LogP contribution in [0.5, 0.6) is 11.5 Å². The third-order valence-electron chi connectivity index (χ3n) is 2.64. The molecule has 0 aliphatic heterocycles. The van der Waals surface area contributed by atoms with Crippen LogP contribution in [0.1, 0.15) is 21.5 Å². The zero-order valence-electron chi connectivity index (χ0n) is 10.2. The molecule has 0 aromatic heterocycles. The van der Waals surface area contributed by atoms with Gasteiger partial charge < -0.3 is 4.74 Å². The minimum atomic E-state index is -0.403. The fourth-order valence-corrected chi connectivity index (χ4v) is 1.67. The van der Waals surface area contributed by atoms with Gasteiger partial charge in [-0.1, -0.05) is 6.07 Å². The van der Waals surface area contributed by atoms with Crippen LogP contribution in [-0.2, 0) is 0 Å². The summed E-state index contributed by atoms with van der Waals surface area (Å²) in [6.45, 7) is 3.69. The monoisotopic (exact) mass is 244 g/mol. The van der Waals surface area contributed by atoms with E-state index in [9.17, 15) is 9.18 Å². The number of halogens is 1. The molecule has 0 fully saturated rings. The molecule has 2 aromatic rings. The molecule has 0 bridgehead atoms. The highest BCUT2D eigenvalue weighted by Gasteiger charge is 2.07. The van der Waals surface area contributed by atoms with Gasteiger partial charge in [-0.15, -0.1) is 0 Å². The Balaban J connectivity index is 2.34. The van der Waals surface area contributed by atoms with Crippen LogP contribution >= 0.6 is 0 Å². The first-order valence-corrected chi connectivity index (χ1v) is 5.60. The second kappa shape index (κ2) is 5.00. The van der Waals surface area contributed by atoms with Crippen molar-refractivity contribution >= 4 is 6.29 Å². The van der Waals surface area contributed by atoms with Gasteiger partial charge in [0.1, 0.15) is 12.0 Å². The minimum absolute atomic E-state index is 0.192. The van der Waals surface area contributed by atoms with Crippen molar-refractivity contribution in [3.05, 3.63) is 58.9 Å². The van der Waals surface area contributed by atoms with Gasteiger partial charge in [0.25, 0.3) is 0 Å². The summed E-state index contributed by atoms with van der Waals surface area (Å²) >= 11 is 0. The molecular formula is C15H13FO2. The van der Waals surface area contributed by atoms with Gasteiger partial charge in [-0.25, -0.2) is 4.39 Å². The largest absolute Gasteiger partial charge is 0.454 e. The van der Waals surface area contributed by atoms with Gasteiger partial charge in [-0.05, 0) is 55.3 Å². The number of benzene rings is 2. The van der Waals surface area contributed by atoms with E-state index in [2.05, 4.69) is 0 Å². The van der Waals surface area contributed by atoms with Crippen molar-refractivity contribution in [2.24, 2.45) is 0 Å². The first-order valence-electron chi connectivity index (χ1n) is 5.60. The second-order valence-corrected chi connectivity index (χ2v) is 4.18. The maximum absolute atomic E-state index is 13.6. The molecule has 0 unspecified atom stereocenters. The lowest BCUT2D eigenvalue weighted by molar-refractivity contribution is 0.112. The van der Waals surface area contributed by atoms with Crippen molar-refractivity contribution in [1.29, 1.82) is 0 Å². The summed E-state index contributed by atoms with van der Waals surface area (Å²) in [5.74, 6) is 0.335. The predicted molar refractivity (Wildman–Crippen MR) is 67.8 cm³/mol. The zero-order valence-corrected chi connectivity index (χ0v) is 10.2. The standard InChI is InChI=1S/C15H13FO2/c1-10-3-5-13(16)15(7-10)18-14-6-4-12(9-17)8-11(14)2/h3-9H,1-2H3. The Labute approximate surface area is 105 Å². The molecule has 0 aliphatic carbocycles. The first kappa shape index (κ1) is 12.3. The van der Waals surface area contributed by atoms with Gasteiger partial charge in [-0.2, -0.15) is 0 Å². The lowest BCUT2D eigenvalue weighted by Gasteiger charge is -2.10. The predicted octanol–water partition coefficient (Wildman–Crippen LogP) is 4.05. The molecule has 92 valence electrons. The Morgan fingerprint density at radius 3 is 2.50 bits per heavy atom. The molecule has 18 heavy (non-hydrogen) atoms. The number of aldehydes is 1. The van der Waals surface area contributed by atoms with Crippen molar-refractivity contribution in [3.63, 3.8) is 0 Å². The summed E-state index contributed by atoms with van der Waals surface area (Å²) in [5.41, 5.74) is 2.29. The quantitative estimate of drug-likeness (QED) is 0.761. The van der Waals surface area contributed by atoms with E-state index in [0.717, 1.165) is 17.4 Å². The van der Waals surface area contributed by atoms with Gasteiger partial charge >= 0.3 is 0 Å². The molecule has 0 radical (unpaired) electrons. The number of hydrogen-bond donors (Lipinski definition) is 0. The van der Waals surface area contributed by atoms with Gasteiger partial charge in [-0.3, -0.25) is 4.79 Å². The topological polar surface area (TPSA) is 26.3 Å². The smallest absolute Gasteiger partial charge is 0.165 e. The van der Waals surface area contributed by atoms with Gasteiger partial charge in [0, 0.05) is 5.56 Å². The average Bonchev–Trinajstić information content (AvgIpc) is 2.36. The SMILES string of the molecule is Cc1ccc(F)c(Oc2ccc(C=O)cc2C)c1. The third-order valence-corrected chi connectivity index (χ3v) is 2.64. The molecule has 0 amide bonds. The van der Waals surface area contributed by atoms with E-state index in [1.165, 1.54) is 6.07 Å². The van der Waals surface area contributed by atoms with Crippen molar-refractivity contribution in [1.82, 2.24) is 0 Å². The molecule has 0 aliphatic rings. The van der Waals surface area contributed by atoms with Gasteiger partial charge in [0.2, 0.25) is 0 Å². The van der Waals surface area contributed by atoms with Crippen LogP contribution in [0, 0.1) is 19.7 Å². The Hall–Kier alpha value is -2.16. The molecule has 0 heterocycles. The summed E-state index contributed by atoms with van der Waals surface area (Å²) in [6, 6.07) is 9.71. The van der Waals surface area contributed by atoms with E-state index in [4.69, 9.17) is 4.74 Å². The van der Waals surface area contributed by atoms with Gasteiger partial charge in [0.15, 0.2) is 11.6 Å². The van der Waals surface area contributed by atoms with Crippen molar-refractivity contribution in [3.8, 4) is 11.5 Å². The summed E-state index contributed by atoms with van der Waals surface area (Å²) < 4.78 is 19.1. The molecule has 0 saturated carbocycles.